The largest absolute Gasteiger partial charge is 0.391 e. The first-order valence-corrected chi connectivity index (χ1v) is 7.30. The Bertz CT molecular complexity index is 331. The molecule has 1 aliphatic rings. The van der Waals surface area contributed by atoms with Crippen LogP contribution in [0.3, 0.4) is 0 Å². The van der Waals surface area contributed by atoms with Gasteiger partial charge in [-0.25, -0.2) is 0 Å². The van der Waals surface area contributed by atoms with Crippen LogP contribution < -0.4 is 5.32 Å². The molecule has 1 rings (SSSR count). The van der Waals surface area contributed by atoms with Crippen LogP contribution in [0.2, 0.25) is 0 Å². The average molecular weight is 294 g/mol. The molecule has 118 valence electrons. The fraction of sp³-hybridized carbons (Fsp3) is 0.929. The van der Waals surface area contributed by atoms with Crippen molar-refractivity contribution >= 4 is 5.91 Å². The Labute approximate surface area is 118 Å². The van der Waals surface area contributed by atoms with Gasteiger partial charge in [0.2, 0.25) is 5.91 Å². The van der Waals surface area contributed by atoms with Crippen molar-refractivity contribution in [1.29, 1.82) is 0 Å². The Hall–Kier alpha value is -0.780. The van der Waals surface area contributed by atoms with Crippen molar-refractivity contribution in [2.24, 2.45) is 5.92 Å². The molecule has 0 aromatic carbocycles. The topological polar surface area (TPSA) is 32.3 Å². The molecule has 0 spiro atoms. The summed E-state index contributed by atoms with van der Waals surface area (Å²) in [7, 11) is 0. The van der Waals surface area contributed by atoms with Gasteiger partial charge in [0.25, 0.3) is 0 Å². The lowest BCUT2D eigenvalue weighted by Gasteiger charge is -2.30. The van der Waals surface area contributed by atoms with Crippen LogP contribution in [0.4, 0.5) is 13.2 Å². The summed E-state index contributed by atoms with van der Waals surface area (Å²) in [6.45, 7) is 7.46. The summed E-state index contributed by atoms with van der Waals surface area (Å²) in [5.41, 5.74) is 0. The van der Waals surface area contributed by atoms with Gasteiger partial charge in [-0.15, -0.1) is 0 Å². The first-order valence-electron chi connectivity index (χ1n) is 7.30. The Kier molecular flexibility index (Phi) is 5.86. The van der Waals surface area contributed by atoms with Crippen LogP contribution >= 0.6 is 0 Å². The van der Waals surface area contributed by atoms with E-state index in [2.05, 4.69) is 5.32 Å². The summed E-state index contributed by atoms with van der Waals surface area (Å²) in [4.78, 5) is 13.8. The molecule has 1 N–H and O–H groups in total. The molecule has 6 heteroatoms. The molecule has 0 aromatic heterocycles. The highest BCUT2D eigenvalue weighted by Crippen LogP contribution is 2.29. The zero-order chi connectivity index (χ0) is 15.5. The normalized spacial score (nSPS) is 25.6. The van der Waals surface area contributed by atoms with Crippen molar-refractivity contribution in [3.63, 3.8) is 0 Å². The van der Waals surface area contributed by atoms with Gasteiger partial charge in [0, 0.05) is 6.04 Å². The van der Waals surface area contributed by atoms with Gasteiger partial charge in [-0.1, -0.05) is 27.2 Å². The second kappa shape index (κ2) is 6.78. The summed E-state index contributed by atoms with van der Waals surface area (Å²) >= 11 is 0. The fourth-order valence-electron chi connectivity index (χ4n) is 2.81. The molecule has 1 aliphatic heterocycles. The summed E-state index contributed by atoms with van der Waals surface area (Å²) in [5.74, 6) is 0.144. The minimum Gasteiger partial charge on any atom is -0.323 e. The fourth-order valence-corrected chi connectivity index (χ4v) is 2.81. The Morgan fingerprint density at radius 2 is 1.90 bits per heavy atom. The molecular formula is C14H25F3N2O. The molecule has 3 unspecified atom stereocenters. The second-order valence-corrected chi connectivity index (χ2v) is 6.07. The summed E-state index contributed by atoms with van der Waals surface area (Å²) in [6, 6.07) is -1.16. The Balaban J connectivity index is 2.81. The molecule has 0 saturated carbocycles. The van der Waals surface area contributed by atoms with Crippen LogP contribution in [0, 0.1) is 5.92 Å². The number of nitrogens with one attached hydrogen (secondary N) is 1. The molecule has 1 saturated heterocycles. The third-order valence-corrected chi connectivity index (χ3v) is 3.55. The SMILES string of the molecule is CCCC1NC(CC(C)C)C(=O)N1C(C)CC(F)(F)F. The lowest BCUT2D eigenvalue weighted by atomic mass is 10.0. The summed E-state index contributed by atoms with van der Waals surface area (Å²) in [6.07, 6.45) is -3.29. The van der Waals surface area contributed by atoms with Crippen LogP contribution in [0.25, 0.3) is 0 Å². The average Bonchev–Trinajstić information content (AvgIpc) is 2.52. The van der Waals surface area contributed by atoms with Crippen molar-refractivity contribution in [2.45, 2.75) is 77.8 Å². The quantitative estimate of drug-likeness (QED) is 0.815. The summed E-state index contributed by atoms with van der Waals surface area (Å²) in [5, 5.41) is 3.20. The maximum atomic E-state index is 12.5. The molecule has 0 aliphatic carbocycles. The Morgan fingerprint density at radius 1 is 1.30 bits per heavy atom. The van der Waals surface area contributed by atoms with Crippen molar-refractivity contribution < 1.29 is 18.0 Å². The highest BCUT2D eigenvalue weighted by molar-refractivity contribution is 5.84. The van der Waals surface area contributed by atoms with E-state index in [4.69, 9.17) is 0 Å². The number of carbonyl (C=O) groups excluding carboxylic acids is 1. The third kappa shape index (κ3) is 4.65. The molecule has 3 nitrogen and oxygen atoms in total. The molecule has 0 aromatic rings. The van der Waals surface area contributed by atoms with Crippen LogP contribution in [-0.4, -0.2) is 35.2 Å². The monoisotopic (exact) mass is 294 g/mol. The molecule has 3 atom stereocenters. The molecule has 20 heavy (non-hydrogen) atoms. The lowest BCUT2D eigenvalue weighted by molar-refractivity contribution is -0.153. The maximum Gasteiger partial charge on any atom is 0.391 e. The minimum atomic E-state index is -4.24. The van der Waals surface area contributed by atoms with E-state index in [1.54, 1.807) is 0 Å². The van der Waals surface area contributed by atoms with Crippen LogP contribution in [-0.2, 0) is 4.79 Å². The highest BCUT2D eigenvalue weighted by atomic mass is 19.4. The van der Waals surface area contributed by atoms with Gasteiger partial charge in [-0.3, -0.25) is 10.1 Å². The number of nitrogens with zero attached hydrogens (tertiary/aromatic N) is 1. The van der Waals surface area contributed by atoms with E-state index >= 15 is 0 Å². The van der Waals surface area contributed by atoms with Crippen molar-refractivity contribution in [3.8, 4) is 0 Å². The van der Waals surface area contributed by atoms with Crippen LogP contribution in [0.5, 0.6) is 0 Å². The first-order chi connectivity index (χ1) is 9.15. The predicted octanol–water partition coefficient (Wildman–Crippen LogP) is 3.30. The van der Waals surface area contributed by atoms with E-state index in [0.29, 0.717) is 18.8 Å². The number of alkyl halides is 3. The molecule has 0 radical (unpaired) electrons. The van der Waals surface area contributed by atoms with Crippen molar-refractivity contribution in [1.82, 2.24) is 10.2 Å². The second-order valence-electron chi connectivity index (χ2n) is 6.07. The molecular weight excluding hydrogens is 269 g/mol. The number of hydrogen-bond donors (Lipinski definition) is 1. The number of hydrogen-bond acceptors (Lipinski definition) is 2. The molecule has 0 bridgehead atoms. The van der Waals surface area contributed by atoms with Crippen LogP contribution in [0.1, 0.15) is 53.4 Å². The number of amides is 1. The predicted molar refractivity (Wildman–Crippen MR) is 72.1 cm³/mol. The van der Waals surface area contributed by atoms with E-state index in [1.165, 1.54) is 11.8 Å². The summed E-state index contributed by atoms with van der Waals surface area (Å²) < 4.78 is 37.6. The number of carbonyl (C=O) groups is 1. The zero-order valence-electron chi connectivity index (χ0n) is 12.6. The highest BCUT2D eigenvalue weighted by Gasteiger charge is 2.43. The van der Waals surface area contributed by atoms with Gasteiger partial charge in [0.05, 0.1) is 18.6 Å². The van der Waals surface area contributed by atoms with Crippen molar-refractivity contribution in [3.05, 3.63) is 0 Å². The van der Waals surface area contributed by atoms with Gasteiger partial charge in [0.15, 0.2) is 0 Å². The van der Waals surface area contributed by atoms with Gasteiger partial charge in [-0.05, 0) is 25.7 Å². The number of rotatable bonds is 6. The number of halogens is 3. The van der Waals surface area contributed by atoms with Gasteiger partial charge >= 0.3 is 6.18 Å². The smallest absolute Gasteiger partial charge is 0.323 e. The lowest BCUT2D eigenvalue weighted by Crippen LogP contribution is -2.45. The first kappa shape index (κ1) is 17.3. The van der Waals surface area contributed by atoms with Crippen LogP contribution in [0.15, 0.2) is 0 Å². The standard InChI is InChI=1S/C14H25F3N2O/c1-5-6-12-18-11(7-9(2)3)13(20)19(12)10(4)8-14(15,16)17/h9-12,18H,5-8H2,1-4H3. The Morgan fingerprint density at radius 3 is 2.35 bits per heavy atom. The van der Waals surface area contributed by atoms with Gasteiger partial charge in [0.1, 0.15) is 0 Å². The van der Waals surface area contributed by atoms with Gasteiger partial charge in [-0.2, -0.15) is 13.2 Å². The van der Waals surface area contributed by atoms with E-state index < -0.39 is 18.6 Å². The van der Waals surface area contributed by atoms with Crippen molar-refractivity contribution in [2.75, 3.05) is 0 Å². The van der Waals surface area contributed by atoms with E-state index in [1.807, 2.05) is 20.8 Å². The third-order valence-electron chi connectivity index (χ3n) is 3.55. The van der Waals surface area contributed by atoms with E-state index in [-0.39, 0.29) is 18.1 Å². The maximum absolute atomic E-state index is 12.5. The van der Waals surface area contributed by atoms with E-state index in [9.17, 15) is 18.0 Å². The van der Waals surface area contributed by atoms with Gasteiger partial charge < -0.3 is 4.90 Å². The molecule has 1 fully saturated rings. The van der Waals surface area contributed by atoms with E-state index in [0.717, 1.165) is 6.42 Å². The molecule has 1 amide bonds. The molecule has 1 heterocycles. The zero-order valence-corrected chi connectivity index (χ0v) is 12.6. The minimum absolute atomic E-state index is 0.186.